The lowest BCUT2D eigenvalue weighted by molar-refractivity contribution is -0.143. The summed E-state index contributed by atoms with van der Waals surface area (Å²) in [5.41, 5.74) is 2.03. The van der Waals surface area contributed by atoms with Gasteiger partial charge < -0.3 is 25.4 Å². The van der Waals surface area contributed by atoms with Gasteiger partial charge in [-0.05, 0) is 36.1 Å². The molecule has 0 radical (unpaired) electrons. The number of guanidine groups is 1. The molecule has 8 nitrogen and oxygen atoms in total. The molecular formula is C19H26N4O4. The fourth-order valence-corrected chi connectivity index (χ4v) is 3.39. The average Bonchev–Trinajstić information content (AvgIpc) is 3.11. The molecule has 3 N–H and O–H groups in total. The Kier molecular flexibility index (Phi) is 6.16. The highest BCUT2D eigenvalue weighted by Crippen LogP contribution is 2.27. The molecule has 1 aromatic rings. The van der Waals surface area contributed by atoms with E-state index >= 15 is 0 Å². The Morgan fingerprint density at radius 2 is 2.30 bits per heavy atom. The predicted molar refractivity (Wildman–Crippen MR) is 101 cm³/mol. The van der Waals surface area contributed by atoms with Gasteiger partial charge in [0.05, 0.1) is 25.5 Å². The van der Waals surface area contributed by atoms with Crippen molar-refractivity contribution in [2.75, 3.05) is 33.3 Å². The van der Waals surface area contributed by atoms with Crippen LogP contribution in [0.25, 0.3) is 0 Å². The van der Waals surface area contributed by atoms with E-state index in [9.17, 15) is 9.59 Å². The van der Waals surface area contributed by atoms with Crippen LogP contribution in [0.2, 0.25) is 0 Å². The Morgan fingerprint density at radius 1 is 1.44 bits per heavy atom. The van der Waals surface area contributed by atoms with E-state index in [-0.39, 0.29) is 12.3 Å². The molecule has 1 aromatic carbocycles. The van der Waals surface area contributed by atoms with Gasteiger partial charge in [-0.15, -0.1) is 0 Å². The first-order valence-corrected chi connectivity index (χ1v) is 9.26. The summed E-state index contributed by atoms with van der Waals surface area (Å²) in [7, 11) is 1.71. The lowest BCUT2D eigenvalue weighted by atomic mass is 9.94. The Labute approximate surface area is 158 Å². The molecule has 2 aliphatic rings. The zero-order valence-corrected chi connectivity index (χ0v) is 15.5. The van der Waals surface area contributed by atoms with E-state index in [4.69, 9.17) is 9.84 Å². The zero-order valence-electron chi connectivity index (χ0n) is 15.5. The van der Waals surface area contributed by atoms with Gasteiger partial charge in [-0.1, -0.05) is 6.07 Å². The largest absolute Gasteiger partial charge is 0.494 e. The van der Waals surface area contributed by atoms with Crippen LogP contribution in [0.4, 0.5) is 0 Å². The van der Waals surface area contributed by atoms with Crippen LogP contribution in [0.15, 0.2) is 23.2 Å². The van der Waals surface area contributed by atoms with E-state index in [0.29, 0.717) is 19.6 Å². The molecule has 0 spiro atoms. The number of carboxylic acids is 1. The topological polar surface area (TPSA) is 103 Å². The van der Waals surface area contributed by atoms with Gasteiger partial charge in [0.1, 0.15) is 5.75 Å². The van der Waals surface area contributed by atoms with Crippen molar-refractivity contribution in [2.24, 2.45) is 10.9 Å². The van der Waals surface area contributed by atoms with Crippen molar-refractivity contribution >= 4 is 17.8 Å². The molecule has 0 saturated heterocycles. The normalized spacial score (nSPS) is 19.0. The third kappa shape index (κ3) is 5.12. The van der Waals surface area contributed by atoms with Crippen molar-refractivity contribution in [2.45, 2.75) is 25.8 Å². The number of nitrogens with zero attached hydrogens (tertiary/aromatic N) is 2. The Balaban J connectivity index is 1.55. The number of ether oxygens (including phenoxy) is 1. The number of carbonyl (C=O) groups excluding carboxylic acids is 1. The number of fused-ring (bicyclic) bond motifs is 1. The summed E-state index contributed by atoms with van der Waals surface area (Å²) in [4.78, 5) is 29.3. The zero-order chi connectivity index (χ0) is 19.2. The highest BCUT2D eigenvalue weighted by molar-refractivity contribution is 5.84. The van der Waals surface area contributed by atoms with Crippen LogP contribution in [0.1, 0.15) is 24.0 Å². The third-order valence-corrected chi connectivity index (χ3v) is 4.75. The van der Waals surface area contributed by atoms with Gasteiger partial charge in [-0.3, -0.25) is 14.6 Å². The highest BCUT2D eigenvalue weighted by Gasteiger charge is 2.29. The monoisotopic (exact) mass is 374 g/mol. The van der Waals surface area contributed by atoms with Crippen molar-refractivity contribution < 1.29 is 19.4 Å². The maximum Gasteiger partial charge on any atom is 0.304 e. The molecule has 1 atom stereocenters. The molecule has 8 heteroatoms. The van der Waals surface area contributed by atoms with Crippen LogP contribution in [-0.2, 0) is 22.6 Å². The van der Waals surface area contributed by atoms with Crippen LogP contribution in [0.5, 0.6) is 5.75 Å². The van der Waals surface area contributed by atoms with E-state index < -0.39 is 11.9 Å². The number of hydrogen-bond donors (Lipinski definition) is 3. The summed E-state index contributed by atoms with van der Waals surface area (Å²) in [6.45, 7) is 3.53. The molecule has 146 valence electrons. The van der Waals surface area contributed by atoms with Crippen molar-refractivity contribution in [3.63, 3.8) is 0 Å². The second kappa shape index (κ2) is 8.75. The second-order valence-corrected chi connectivity index (χ2v) is 6.91. The number of benzene rings is 1. The quantitative estimate of drug-likeness (QED) is 0.604. The van der Waals surface area contributed by atoms with Crippen molar-refractivity contribution in [1.82, 2.24) is 15.5 Å². The van der Waals surface area contributed by atoms with Crippen molar-refractivity contribution in [3.05, 3.63) is 29.3 Å². The van der Waals surface area contributed by atoms with Gasteiger partial charge >= 0.3 is 5.97 Å². The lowest BCUT2D eigenvalue weighted by Gasteiger charge is -2.18. The number of rotatable bonds is 7. The molecule has 0 saturated carbocycles. The first kappa shape index (κ1) is 19.0. The molecule has 0 aliphatic carbocycles. The smallest absolute Gasteiger partial charge is 0.304 e. The first-order valence-electron chi connectivity index (χ1n) is 9.26. The number of hydrogen-bond acceptors (Lipinski definition) is 6. The predicted octanol–water partition coefficient (Wildman–Crippen LogP) is 0.610. The van der Waals surface area contributed by atoms with E-state index in [1.807, 2.05) is 18.2 Å². The number of carbonyl (C=O) groups is 2. The molecule has 0 bridgehead atoms. The summed E-state index contributed by atoms with van der Waals surface area (Å²) >= 11 is 0. The van der Waals surface area contributed by atoms with E-state index in [1.54, 1.807) is 11.9 Å². The molecule has 0 fully saturated rings. The van der Waals surface area contributed by atoms with Gasteiger partial charge in [-0.2, -0.15) is 0 Å². The van der Waals surface area contributed by atoms with Crippen molar-refractivity contribution in [3.8, 4) is 5.75 Å². The Bertz CT molecular complexity index is 734. The van der Waals surface area contributed by atoms with Crippen molar-refractivity contribution in [1.29, 1.82) is 0 Å². The maximum atomic E-state index is 12.4. The van der Waals surface area contributed by atoms with E-state index in [0.717, 1.165) is 48.9 Å². The highest BCUT2D eigenvalue weighted by atomic mass is 16.5. The second-order valence-electron chi connectivity index (χ2n) is 6.91. The number of nitrogens with one attached hydrogen (secondary N) is 2. The molecule has 2 heterocycles. The number of carboxylic acid groups (broad SMARTS) is 1. The molecule has 1 amide bonds. The third-order valence-electron chi connectivity index (χ3n) is 4.75. The SMILES string of the molecule is CN1Cc2cc(OCCCNC3=NCCN3)ccc2CC(CC(=O)O)C1=O. The summed E-state index contributed by atoms with van der Waals surface area (Å²) in [6.07, 6.45) is 1.15. The van der Waals surface area contributed by atoms with Gasteiger partial charge in [0.15, 0.2) is 5.96 Å². The minimum Gasteiger partial charge on any atom is -0.494 e. The summed E-state index contributed by atoms with van der Waals surface area (Å²) in [5, 5.41) is 15.4. The number of aliphatic imine (C=N–C) groups is 1. The molecular weight excluding hydrogens is 348 g/mol. The van der Waals surface area contributed by atoms with Crippen LogP contribution < -0.4 is 15.4 Å². The fourth-order valence-electron chi connectivity index (χ4n) is 3.39. The summed E-state index contributed by atoms with van der Waals surface area (Å²) in [5.74, 6) is 0.0353. The first-order chi connectivity index (χ1) is 13.0. The molecule has 27 heavy (non-hydrogen) atoms. The minimum atomic E-state index is -0.947. The molecule has 2 aliphatic heterocycles. The minimum absolute atomic E-state index is 0.120. The Hall–Kier alpha value is -2.77. The number of amides is 1. The van der Waals surface area contributed by atoms with Crippen LogP contribution in [-0.4, -0.2) is 61.1 Å². The van der Waals surface area contributed by atoms with Gasteiger partial charge in [-0.25, -0.2) is 0 Å². The van der Waals surface area contributed by atoms with E-state index in [1.165, 1.54) is 0 Å². The lowest BCUT2D eigenvalue weighted by Crippen LogP contribution is -2.34. The summed E-state index contributed by atoms with van der Waals surface area (Å²) in [6, 6.07) is 5.79. The van der Waals surface area contributed by atoms with Crippen LogP contribution in [0, 0.1) is 5.92 Å². The van der Waals surface area contributed by atoms with E-state index in [2.05, 4.69) is 15.6 Å². The average molecular weight is 374 g/mol. The molecule has 0 aromatic heterocycles. The van der Waals surface area contributed by atoms with Crippen LogP contribution >= 0.6 is 0 Å². The summed E-state index contributed by atoms with van der Waals surface area (Å²) < 4.78 is 5.83. The fraction of sp³-hybridized carbons (Fsp3) is 0.526. The Morgan fingerprint density at radius 3 is 3.04 bits per heavy atom. The number of aliphatic carboxylic acids is 1. The van der Waals surface area contributed by atoms with Gasteiger partial charge in [0.25, 0.3) is 0 Å². The van der Waals surface area contributed by atoms with Crippen LogP contribution in [0.3, 0.4) is 0 Å². The standard InChI is InChI=1S/C19H26N4O4/c1-23-12-15-10-16(27-8-2-5-20-19-21-6-7-22-19)4-3-13(15)9-14(18(23)26)11-17(24)25/h3-4,10,14H,2,5-9,11-12H2,1H3,(H,24,25)(H2,20,21,22). The molecule has 3 rings (SSSR count). The maximum absolute atomic E-state index is 12.4. The van der Waals surface area contributed by atoms with Gasteiger partial charge in [0.2, 0.25) is 5.91 Å². The van der Waals surface area contributed by atoms with Gasteiger partial charge in [0, 0.05) is 26.7 Å². The molecule has 1 unspecified atom stereocenters.